The number of likely N-dealkylation sites (tertiary alicyclic amines) is 1. The minimum absolute atomic E-state index is 0.104. The van der Waals surface area contributed by atoms with Crippen molar-refractivity contribution in [1.29, 1.82) is 0 Å². The van der Waals surface area contributed by atoms with E-state index in [2.05, 4.69) is 38.3 Å². The Kier molecular flexibility index (Phi) is 6.52. The number of hydrogen-bond donors (Lipinski definition) is 2. The molecule has 0 radical (unpaired) electrons. The zero-order valence-corrected chi connectivity index (χ0v) is 21.7. The van der Waals surface area contributed by atoms with E-state index in [9.17, 15) is 9.59 Å². The first-order valence-electron chi connectivity index (χ1n) is 13.7. The Balaban J connectivity index is 1.14. The van der Waals surface area contributed by atoms with Crippen molar-refractivity contribution in [3.63, 3.8) is 0 Å². The molecule has 7 nitrogen and oxygen atoms in total. The van der Waals surface area contributed by atoms with Gasteiger partial charge in [-0.15, -0.1) is 0 Å². The predicted octanol–water partition coefficient (Wildman–Crippen LogP) is 4.60. The number of pyridine rings is 1. The molecule has 3 N–H and O–H groups in total. The van der Waals surface area contributed by atoms with Crippen molar-refractivity contribution in [2.24, 2.45) is 5.41 Å². The maximum absolute atomic E-state index is 13.7. The van der Waals surface area contributed by atoms with Gasteiger partial charge in [-0.25, -0.2) is 0 Å². The van der Waals surface area contributed by atoms with E-state index < -0.39 is 0 Å². The lowest BCUT2D eigenvalue weighted by Crippen LogP contribution is -2.51. The third kappa shape index (κ3) is 4.73. The number of carbonyl (C=O) groups is 2. The highest BCUT2D eigenvalue weighted by Crippen LogP contribution is 2.41. The Morgan fingerprint density at radius 1 is 0.974 bits per heavy atom. The van der Waals surface area contributed by atoms with Gasteiger partial charge in [0.25, 0.3) is 11.8 Å². The molecule has 2 aromatic carbocycles. The summed E-state index contributed by atoms with van der Waals surface area (Å²) < 4.78 is 0. The van der Waals surface area contributed by atoms with E-state index in [4.69, 9.17) is 5.73 Å². The Labute approximate surface area is 224 Å². The number of hydrogen-bond acceptors (Lipinski definition) is 5. The number of aromatic nitrogens is 1. The number of amides is 2. The summed E-state index contributed by atoms with van der Waals surface area (Å²) in [6.07, 6.45) is 9.84. The minimum atomic E-state index is -0.172. The van der Waals surface area contributed by atoms with Crippen molar-refractivity contribution >= 4 is 23.2 Å². The van der Waals surface area contributed by atoms with Crippen molar-refractivity contribution in [2.75, 3.05) is 36.8 Å². The first-order valence-corrected chi connectivity index (χ1v) is 13.7. The Bertz CT molecular complexity index is 1330. The Hall–Kier alpha value is -3.87. The van der Waals surface area contributed by atoms with Crippen LogP contribution in [0, 0.1) is 5.41 Å². The quantitative estimate of drug-likeness (QED) is 0.502. The van der Waals surface area contributed by atoms with Crippen LogP contribution in [0.4, 0.5) is 11.4 Å². The van der Waals surface area contributed by atoms with Crippen molar-refractivity contribution in [1.82, 2.24) is 15.2 Å². The van der Waals surface area contributed by atoms with E-state index in [0.29, 0.717) is 11.3 Å². The monoisotopic (exact) mass is 509 g/mol. The van der Waals surface area contributed by atoms with Gasteiger partial charge in [-0.2, -0.15) is 0 Å². The molecular weight excluding hydrogens is 474 g/mol. The number of nitrogens with two attached hydrogens (primary N) is 1. The summed E-state index contributed by atoms with van der Waals surface area (Å²) in [4.78, 5) is 35.3. The molecule has 3 aliphatic rings. The maximum Gasteiger partial charge on any atom is 0.253 e. The van der Waals surface area contributed by atoms with Gasteiger partial charge in [0.1, 0.15) is 0 Å². The van der Waals surface area contributed by atoms with Crippen molar-refractivity contribution < 1.29 is 9.59 Å². The topological polar surface area (TPSA) is 91.6 Å². The highest BCUT2D eigenvalue weighted by Gasteiger charge is 2.40. The zero-order chi connectivity index (χ0) is 26.1. The largest absolute Gasteiger partial charge is 0.398 e. The number of nitrogens with zero attached hydrogens (tertiary/aromatic N) is 3. The number of carbonyl (C=O) groups excluding carboxylic acids is 2. The van der Waals surface area contributed by atoms with Crippen LogP contribution in [0.1, 0.15) is 70.0 Å². The standard InChI is InChI=1S/C31H35N5O2/c32-27-5-2-1-4-25(27)29(37)34-28-9-8-22-6-7-23(20-26(22)28)30(38)36-17-3-12-31(21-36)13-18-35(19-14-31)24-10-15-33-16-11-24/h1-2,4-7,10-11,15-16,20,28H,3,8-9,12-14,17-19,21,32H2,(H,34,37)/t28-/m1/s1. The normalized spacial score (nSPS) is 20.3. The molecule has 196 valence electrons. The van der Waals surface area contributed by atoms with Gasteiger partial charge >= 0.3 is 0 Å². The smallest absolute Gasteiger partial charge is 0.253 e. The van der Waals surface area contributed by atoms with Gasteiger partial charge in [0.05, 0.1) is 11.6 Å². The number of rotatable bonds is 4. The predicted molar refractivity (Wildman–Crippen MR) is 149 cm³/mol. The van der Waals surface area contributed by atoms with Gasteiger partial charge in [-0.3, -0.25) is 14.6 Å². The number of aryl methyl sites for hydroxylation is 1. The summed E-state index contributed by atoms with van der Waals surface area (Å²) in [5.41, 5.74) is 11.4. The summed E-state index contributed by atoms with van der Waals surface area (Å²) in [5.74, 6) is -0.0681. The summed E-state index contributed by atoms with van der Waals surface area (Å²) >= 11 is 0. The second kappa shape index (κ2) is 10.1. The molecule has 1 spiro atoms. The number of benzene rings is 2. The number of fused-ring (bicyclic) bond motifs is 1. The van der Waals surface area contributed by atoms with E-state index in [1.165, 1.54) is 17.7 Å². The molecule has 3 heterocycles. The average Bonchev–Trinajstić information content (AvgIpc) is 3.35. The van der Waals surface area contributed by atoms with Crippen LogP contribution >= 0.6 is 0 Å². The average molecular weight is 510 g/mol. The molecule has 3 aromatic rings. The maximum atomic E-state index is 13.7. The van der Waals surface area contributed by atoms with Gasteiger partial charge in [0.2, 0.25) is 0 Å². The fraction of sp³-hybridized carbons (Fsp3) is 0.387. The molecule has 2 amide bonds. The van der Waals surface area contributed by atoms with Gasteiger partial charge in [-0.05, 0) is 91.5 Å². The lowest BCUT2D eigenvalue weighted by atomic mass is 9.72. The van der Waals surface area contributed by atoms with E-state index in [-0.39, 0.29) is 23.3 Å². The van der Waals surface area contributed by atoms with E-state index in [1.54, 1.807) is 12.1 Å². The van der Waals surface area contributed by atoms with Crippen LogP contribution in [-0.4, -0.2) is 47.9 Å². The number of nitrogen functional groups attached to an aromatic ring is 1. The Morgan fingerprint density at radius 2 is 1.76 bits per heavy atom. The van der Waals surface area contributed by atoms with Gasteiger partial charge < -0.3 is 20.9 Å². The molecule has 2 saturated heterocycles. The minimum Gasteiger partial charge on any atom is -0.398 e. The van der Waals surface area contributed by atoms with Gasteiger partial charge in [0, 0.05) is 55.5 Å². The van der Waals surface area contributed by atoms with Crippen LogP contribution in [0.25, 0.3) is 0 Å². The molecule has 2 fully saturated rings. The van der Waals surface area contributed by atoms with E-state index in [0.717, 1.165) is 69.4 Å². The van der Waals surface area contributed by atoms with Crippen LogP contribution in [-0.2, 0) is 6.42 Å². The fourth-order valence-electron chi connectivity index (χ4n) is 6.59. The SMILES string of the molecule is Nc1ccccc1C(=O)N[C@@H]1CCc2ccc(C(=O)N3CCCC4(CCN(c5ccncc5)CC4)C3)cc21. The number of para-hydroxylation sites is 1. The lowest BCUT2D eigenvalue weighted by molar-refractivity contribution is 0.0434. The number of anilines is 2. The molecule has 0 saturated carbocycles. The Morgan fingerprint density at radius 3 is 2.55 bits per heavy atom. The van der Waals surface area contributed by atoms with Crippen LogP contribution in [0.3, 0.4) is 0 Å². The first-order chi connectivity index (χ1) is 18.5. The van der Waals surface area contributed by atoms with E-state index >= 15 is 0 Å². The molecular formula is C31H35N5O2. The second-order valence-corrected chi connectivity index (χ2v) is 11.1. The van der Waals surface area contributed by atoms with Crippen molar-refractivity contribution in [3.8, 4) is 0 Å². The van der Waals surface area contributed by atoms with Gasteiger partial charge in [-0.1, -0.05) is 18.2 Å². The van der Waals surface area contributed by atoms with E-state index in [1.807, 2.05) is 36.7 Å². The zero-order valence-electron chi connectivity index (χ0n) is 21.7. The summed E-state index contributed by atoms with van der Waals surface area (Å²) in [5, 5.41) is 3.15. The van der Waals surface area contributed by atoms with Gasteiger partial charge in [0.15, 0.2) is 0 Å². The van der Waals surface area contributed by atoms with Crippen molar-refractivity contribution in [3.05, 3.63) is 89.2 Å². The van der Waals surface area contributed by atoms with Crippen LogP contribution in [0.15, 0.2) is 67.0 Å². The highest BCUT2D eigenvalue weighted by molar-refractivity contribution is 5.99. The van der Waals surface area contributed by atoms with Crippen LogP contribution in [0.2, 0.25) is 0 Å². The fourth-order valence-corrected chi connectivity index (χ4v) is 6.59. The van der Waals surface area contributed by atoms with Crippen molar-refractivity contribution in [2.45, 2.75) is 44.6 Å². The lowest BCUT2D eigenvalue weighted by Gasteiger charge is -2.48. The molecule has 38 heavy (non-hydrogen) atoms. The third-order valence-electron chi connectivity index (χ3n) is 8.78. The molecule has 1 atom stereocenters. The summed E-state index contributed by atoms with van der Waals surface area (Å²) in [6, 6.07) is 17.2. The summed E-state index contributed by atoms with van der Waals surface area (Å²) in [6.45, 7) is 3.65. The van der Waals surface area contributed by atoms with Crippen LogP contribution in [0.5, 0.6) is 0 Å². The number of nitrogens with one attached hydrogen (secondary N) is 1. The highest BCUT2D eigenvalue weighted by atomic mass is 16.2. The molecule has 0 unspecified atom stereocenters. The number of piperidine rings is 2. The third-order valence-corrected chi connectivity index (χ3v) is 8.78. The molecule has 1 aromatic heterocycles. The first kappa shape index (κ1) is 24.5. The second-order valence-electron chi connectivity index (χ2n) is 11.1. The molecule has 1 aliphatic carbocycles. The summed E-state index contributed by atoms with van der Waals surface area (Å²) in [7, 11) is 0. The molecule has 0 bridgehead atoms. The molecule has 2 aliphatic heterocycles. The molecule has 7 heteroatoms. The molecule has 6 rings (SSSR count). The van der Waals surface area contributed by atoms with Crippen LogP contribution < -0.4 is 16.0 Å².